The van der Waals surface area contributed by atoms with Gasteiger partial charge in [-0.2, -0.15) is 0 Å². The van der Waals surface area contributed by atoms with E-state index in [0.29, 0.717) is 13.1 Å². The smallest absolute Gasteiger partial charge is 0.123 e. The Kier molecular flexibility index (Phi) is 7.64. The number of hydrogen-bond acceptors (Lipinski definition) is 7. The van der Waals surface area contributed by atoms with Crippen LogP contribution in [-0.4, -0.2) is 75.9 Å². The van der Waals surface area contributed by atoms with Crippen LogP contribution in [0.4, 0.5) is 4.39 Å². The number of aromatic nitrogens is 1. The fourth-order valence-corrected chi connectivity index (χ4v) is 4.83. The van der Waals surface area contributed by atoms with Gasteiger partial charge in [0.05, 0.1) is 27.3 Å². The van der Waals surface area contributed by atoms with Gasteiger partial charge in [0.2, 0.25) is 0 Å². The number of aliphatic hydroxyl groups is 1. The van der Waals surface area contributed by atoms with Crippen LogP contribution < -0.4 is 4.74 Å². The third-order valence-corrected chi connectivity index (χ3v) is 6.66. The second-order valence-corrected chi connectivity index (χ2v) is 9.36. The lowest BCUT2D eigenvalue weighted by atomic mass is 10.2. The molecule has 6 nitrogen and oxygen atoms in total. The Morgan fingerprint density at radius 1 is 1.22 bits per heavy atom. The van der Waals surface area contributed by atoms with Crippen molar-refractivity contribution in [1.82, 2.24) is 19.9 Å². The van der Waals surface area contributed by atoms with Crippen LogP contribution in [0.1, 0.15) is 10.6 Å². The highest BCUT2D eigenvalue weighted by molar-refractivity contribution is 7.78. The van der Waals surface area contributed by atoms with Crippen molar-refractivity contribution in [3.63, 3.8) is 0 Å². The summed E-state index contributed by atoms with van der Waals surface area (Å²) in [6, 6.07) is 12.3. The molecule has 1 N–H and O–H groups in total. The lowest BCUT2D eigenvalue weighted by Gasteiger charge is -2.40. The van der Waals surface area contributed by atoms with Crippen LogP contribution in [0.5, 0.6) is 5.75 Å². The van der Waals surface area contributed by atoms with E-state index >= 15 is 0 Å². The molecule has 0 radical (unpaired) electrons. The highest BCUT2D eigenvalue weighted by Crippen LogP contribution is 2.25. The van der Waals surface area contributed by atoms with Gasteiger partial charge in [0.15, 0.2) is 0 Å². The number of benzene rings is 2. The van der Waals surface area contributed by atoms with Gasteiger partial charge in [0.1, 0.15) is 24.3 Å². The molecule has 170 valence electrons. The monoisotopic (exact) mass is 474 g/mol. The number of halogens is 1. The third kappa shape index (κ3) is 5.99. The Morgan fingerprint density at radius 3 is 2.69 bits per heavy atom. The molecule has 1 aromatic heterocycles. The number of aliphatic hydroxyl groups excluding tert-OH is 1. The van der Waals surface area contributed by atoms with Crippen molar-refractivity contribution in [3.05, 3.63) is 58.9 Å². The van der Waals surface area contributed by atoms with E-state index in [2.05, 4.69) is 14.9 Å². The molecule has 0 amide bonds. The fourth-order valence-electron chi connectivity index (χ4n) is 3.81. The first kappa shape index (κ1) is 23.0. The number of thiazole rings is 1. The molecule has 0 aliphatic carbocycles. The SMILES string of the molecule is Cc1nc2cc(OC[C@H](O)CN3CCN(N(C=S)Cc4ccc(F)cc4)CC3)ccc2s1. The standard InChI is InChI=1S/C23H27FN4O2S2/c1-17-25-22-12-21(6-7-23(22)32-17)30-15-20(29)14-26-8-10-27(11-9-26)28(16-31)13-18-2-4-19(24)5-3-18/h2-7,12,16,20,29H,8-11,13-15H2,1H3/t20-/m1/s1. The molecule has 3 aromatic rings. The van der Waals surface area contributed by atoms with E-state index < -0.39 is 6.10 Å². The molecule has 0 unspecified atom stereocenters. The van der Waals surface area contributed by atoms with Gasteiger partial charge in [-0.15, -0.1) is 11.3 Å². The zero-order valence-electron chi connectivity index (χ0n) is 18.0. The maximum absolute atomic E-state index is 13.1. The van der Waals surface area contributed by atoms with Crippen LogP contribution in [0.25, 0.3) is 10.2 Å². The minimum absolute atomic E-state index is 0.238. The van der Waals surface area contributed by atoms with Crippen molar-refractivity contribution in [1.29, 1.82) is 0 Å². The normalized spacial score (nSPS) is 16.2. The van der Waals surface area contributed by atoms with Gasteiger partial charge in [-0.25, -0.2) is 14.4 Å². The maximum atomic E-state index is 13.1. The van der Waals surface area contributed by atoms with E-state index in [9.17, 15) is 9.50 Å². The summed E-state index contributed by atoms with van der Waals surface area (Å²) in [7, 11) is 0. The van der Waals surface area contributed by atoms with Gasteiger partial charge >= 0.3 is 0 Å². The summed E-state index contributed by atoms with van der Waals surface area (Å²) in [5.41, 5.74) is 3.58. The largest absolute Gasteiger partial charge is 0.491 e. The lowest BCUT2D eigenvalue weighted by Crippen LogP contribution is -2.54. The Hall–Kier alpha value is -2.17. The Bertz CT molecular complexity index is 1040. The zero-order chi connectivity index (χ0) is 22.5. The number of fused-ring (bicyclic) bond motifs is 1. The molecule has 2 heterocycles. The highest BCUT2D eigenvalue weighted by atomic mass is 32.1. The Balaban J connectivity index is 1.22. The number of nitrogens with zero attached hydrogens (tertiary/aromatic N) is 4. The number of thiocarbonyl (C=S) groups is 1. The molecule has 0 bridgehead atoms. The predicted octanol–water partition coefficient (Wildman–Crippen LogP) is 3.48. The first-order valence-electron chi connectivity index (χ1n) is 10.6. The summed E-state index contributed by atoms with van der Waals surface area (Å²) in [6.07, 6.45) is -0.574. The summed E-state index contributed by atoms with van der Waals surface area (Å²) < 4.78 is 20.1. The van der Waals surface area contributed by atoms with Gasteiger partial charge in [-0.1, -0.05) is 24.4 Å². The van der Waals surface area contributed by atoms with E-state index in [0.717, 1.165) is 52.7 Å². The predicted molar refractivity (Wildman–Crippen MR) is 129 cm³/mol. The van der Waals surface area contributed by atoms with Gasteiger partial charge in [0.25, 0.3) is 0 Å². The summed E-state index contributed by atoms with van der Waals surface area (Å²) in [6.45, 7) is 6.66. The highest BCUT2D eigenvalue weighted by Gasteiger charge is 2.22. The van der Waals surface area contributed by atoms with Crippen molar-refractivity contribution in [3.8, 4) is 5.75 Å². The summed E-state index contributed by atoms with van der Waals surface area (Å²) in [5.74, 6) is 0.488. The van der Waals surface area contributed by atoms with E-state index in [4.69, 9.17) is 17.0 Å². The molecule has 0 spiro atoms. The number of aryl methyl sites for hydroxylation is 1. The molecule has 1 aliphatic heterocycles. The summed E-state index contributed by atoms with van der Waals surface area (Å²) >= 11 is 6.86. The first-order chi connectivity index (χ1) is 15.5. The quantitative estimate of drug-likeness (QED) is 0.477. The molecule has 0 saturated carbocycles. The lowest BCUT2D eigenvalue weighted by molar-refractivity contribution is -0.0187. The van der Waals surface area contributed by atoms with E-state index in [1.165, 1.54) is 12.1 Å². The molecular formula is C23H27FN4O2S2. The Morgan fingerprint density at radius 2 is 1.97 bits per heavy atom. The number of hydrazine groups is 1. The van der Waals surface area contributed by atoms with Crippen molar-refractivity contribution >= 4 is 39.3 Å². The maximum Gasteiger partial charge on any atom is 0.123 e. The van der Waals surface area contributed by atoms with Crippen LogP contribution in [0.2, 0.25) is 0 Å². The molecule has 1 atom stereocenters. The van der Waals surface area contributed by atoms with E-state index in [1.54, 1.807) is 29.0 Å². The van der Waals surface area contributed by atoms with Crippen LogP contribution in [0.15, 0.2) is 42.5 Å². The van der Waals surface area contributed by atoms with Gasteiger partial charge < -0.3 is 9.84 Å². The Labute approximate surface area is 196 Å². The number of ether oxygens (including phenoxy) is 1. The van der Waals surface area contributed by atoms with E-state index in [-0.39, 0.29) is 12.4 Å². The van der Waals surface area contributed by atoms with Crippen LogP contribution in [0.3, 0.4) is 0 Å². The fraction of sp³-hybridized carbons (Fsp3) is 0.391. The van der Waals surface area contributed by atoms with E-state index in [1.807, 2.05) is 30.1 Å². The van der Waals surface area contributed by atoms with Crippen molar-refractivity contribution < 1.29 is 14.2 Å². The van der Waals surface area contributed by atoms with Gasteiger partial charge in [-0.3, -0.25) is 9.91 Å². The molecule has 1 fully saturated rings. The molecule has 1 aliphatic rings. The number of hydrogen-bond donors (Lipinski definition) is 1. The molecular weight excluding hydrogens is 447 g/mol. The third-order valence-electron chi connectivity index (χ3n) is 5.47. The zero-order valence-corrected chi connectivity index (χ0v) is 19.6. The average Bonchev–Trinajstić information content (AvgIpc) is 3.17. The molecule has 2 aromatic carbocycles. The van der Waals surface area contributed by atoms with Crippen LogP contribution in [-0.2, 0) is 6.54 Å². The number of β-amino-alcohol motifs (C(OH)–C–C–N with tert-alkyl or cyclic N) is 1. The minimum Gasteiger partial charge on any atom is -0.491 e. The van der Waals surface area contributed by atoms with Crippen LogP contribution >= 0.6 is 23.6 Å². The second-order valence-electron chi connectivity index (χ2n) is 7.91. The summed E-state index contributed by atoms with van der Waals surface area (Å²) in [4.78, 5) is 6.72. The number of piperazine rings is 1. The van der Waals surface area contributed by atoms with Gasteiger partial charge in [-0.05, 0) is 36.8 Å². The first-order valence-corrected chi connectivity index (χ1v) is 11.9. The molecule has 4 rings (SSSR count). The van der Waals surface area contributed by atoms with Gasteiger partial charge in [0, 0.05) is 38.8 Å². The average molecular weight is 475 g/mol. The number of rotatable bonds is 9. The second kappa shape index (κ2) is 10.6. The molecule has 32 heavy (non-hydrogen) atoms. The minimum atomic E-state index is -0.574. The van der Waals surface area contributed by atoms with Crippen molar-refractivity contribution in [2.45, 2.75) is 19.6 Å². The van der Waals surface area contributed by atoms with Crippen LogP contribution in [0, 0.1) is 12.7 Å². The van der Waals surface area contributed by atoms with Crippen molar-refractivity contribution in [2.24, 2.45) is 0 Å². The van der Waals surface area contributed by atoms with Crippen molar-refractivity contribution in [2.75, 3.05) is 39.3 Å². The molecule has 1 saturated heterocycles. The molecule has 9 heteroatoms. The topological polar surface area (TPSA) is 52.1 Å². The summed E-state index contributed by atoms with van der Waals surface area (Å²) in [5, 5.41) is 15.7.